The number of carbonyl (C=O) groups is 1. The predicted molar refractivity (Wildman–Crippen MR) is 82.6 cm³/mol. The maximum atomic E-state index is 11.8. The van der Waals surface area contributed by atoms with Crippen molar-refractivity contribution in [2.75, 3.05) is 0 Å². The zero-order valence-electron chi connectivity index (χ0n) is 13.1. The highest BCUT2D eigenvalue weighted by atomic mass is 16.3. The minimum absolute atomic E-state index is 0.0259. The van der Waals surface area contributed by atoms with Crippen LogP contribution >= 0.6 is 0 Å². The summed E-state index contributed by atoms with van der Waals surface area (Å²) in [4.78, 5) is 11.8. The lowest BCUT2D eigenvalue weighted by Gasteiger charge is -2.56. The fourth-order valence-electron chi connectivity index (χ4n) is 6.10. The SMILES string of the molecule is C[C@@]12CCC[C@H]1[C@@H]1C=CC3C(O)C(=O)C=C[C@]3(C)[C@H]1CC2. The number of allylic oxidation sites excluding steroid dienone is 2. The number of hydrogen-bond acceptors (Lipinski definition) is 2. The lowest BCUT2D eigenvalue weighted by Crippen LogP contribution is -2.53. The molecule has 0 aliphatic heterocycles. The fraction of sp³-hybridized carbons (Fsp3) is 0.737. The first-order chi connectivity index (χ1) is 9.96. The van der Waals surface area contributed by atoms with Crippen molar-refractivity contribution < 1.29 is 9.90 Å². The number of fused-ring (bicyclic) bond motifs is 5. The van der Waals surface area contributed by atoms with Gasteiger partial charge < -0.3 is 5.11 Å². The molecule has 4 aliphatic carbocycles. The molecule has 4 aliphatic rings. The van der Waals surface area contributed by atoms with Crippen molar-refractivity contribution >= 4 is 5.78 Å². The Kier molecular flexibility index (Phi) is 2.83. The Balaban J connectivity index is 1.75. The van der Waals surface area contributed by atoms with E-state index < -0.39 is 6.10 Å². The van der Waals surface area contributed by atoms with Crippen LogP contribution in [0.3, 0.4) is 0 Å². The van der Waals surface area contributed by atoms with Gasteiger partial charge >= 0.3 is 0 Å². The quantitative estimate of drug-likeness (QED) is 0.692. The Morgan fingerprint density at radius 2 is 1.95 bits per heavy atom. The van der Waals surface area contributed by atoms with Crippen LogP contribution in [0, 0.1) is 34.5 Å². The van der Waals surface area contributed by atoms with Crippen molar-refractivity contribution in [2.45, 2.75) is 52.1 Å². The molecule has 2 nitrogen and oxygen atoms in total. The third-order valence-electron chi connectivity index (χ3n) is 7.41. The van der Waals surface area contributed by atoms with E-state index in [1.165, 1.54) is 32.1 Å². The summed E-state index contributed by atoms with van der Waals surface area (Å²) in [7, 11) is 0. The summed E-state index contributed by atoms with van der Waals surface area (Å²) in [6.45, 7) is 4.75. The van der Waals surface area contributed by atoms with Gasteiger partial charge in [0.25, 0.3) is 0 Å². The average Bonchev–Trinajstić information content (AvgIpc) is 2.85. The molecular weight excluding hydrogens is 260 g/mol. The monoisotopic (exact) mass is 286 g/mol. The van der Waals surface area contributed by atoms with Crippen LogP contribution in [0.25, 0.3) is 0 Å². The lowest BCUT2D eigenvalue weighted by atomic mass is 9.48. The normalized spacial score (nSPS) is 55.0. The molecular formula is C19H26O2. The van der Waals surface area contributed by atoms with E-state index in [2.05, 4.69) is 32.1 Å². The van der Waals surface area contributed by atoms with Crippen molar-refractivity contribution in [1.29, 1.82) is 0 Å². The Bertz CT molecular complexity index is 534. The van der Waals surface area contributed by atoms with Crippen LogP contribution in [-0.4, -0.2) is 17.0 Å². The third kappa shape index (κ3) is 1.72. The van der Waals surface area contributed by atoms with E-state index in [1.54, 1.807) is 6.08 Å². The second-order valence-corrected chi connectivity index (χ2v) is 8.33. The molecule has 7 atom stereocenters. The van der Waals surface area contributed by atoms with Gasteiger partial charge in [-0.3, -0.25) is 4.79 Å². The fourth-order valence-corrected chi connectivity index (χ4v) is 6.10. The van der Waals surface area contributed by atoms with Crippen molar-refractivity contribution in [3.63, 3.8) is 0 Å². The summed E-state index contributed by atoms with van der Waals surface area (Å²) in [5.41, 5.74) is 0.484. The second kappa shape index (κ2) is 4.32. The highest BCUT2D eigenvalue weighted by molar-refractivity contribution is 5.95. The number of carbonyl (C=O) groups excluding carboxylic acids is 1. The maximum absolute atomic E-state index is 11.8. The third-order valence-corrected chi connectivity index (χ3v) is 7.41. The van der Waals surface area contributed by atoms with Crippen LogP contribution in [0.5, 0.6) is 0 Å². The van der Waals surface area contributed by atoms with E-state index in [0.717, 1.165) is 5.92 Å². The average molecular weight is 286 g/mol. The number of hydrogen-bond donors (Lipinski definition) is 1. The van der Waals surface area contributed by atoms with E-state index in [9.17, 15) is 9.90 Å². The molecule has 21 heavy (non-hydrogen) atoms. The Hall–Kier alpha value is -0.890. The highest BCUT2D eigenvalue weighted by Crippen LogP contribution is 2.63. The molecule has 0 amide bonds. The smallest absolute Gasteiger partial charge is 0.184 e. The summed E-state index contributed by atoms with van der Waals surface area (Å²) in [6, 6.07) is 0. The molecule has 2 saturated carbocycles. The standard InChI is InChI=1S/C19H26O2/c1-18-9-3-4-13(18)12-5-6-15-17(21)16(20)8-11-19(15,2)14(12)7-10-18/h5-6,8,11-15,17,21H,3-4,7,9-10H2,1-2H3/t12-,13-,14-,15?,17?,18-,19+/m0/s1. The molecule has 114 valence electrons. The molecule has 0 radical (unpaired) electrons. The Morgan fingerprint density at radius 3 is 2.76 bits per heavy atom. The van der Waals surface area contributed by atoms with Gasteiger partial charge in [-0.2, -0.15) is 0 Å². The number of aliphatic hydroxyl groups is 1. The van der Waals surface area contributed by atoms with E-state index in [-0.39, 0.29) is 17.1 Å². The van der Waals surface area contributed by atoms with Crippen molar-refractivity contribution in [2.24, 2.45) is 34.5 Å². The van der Waals surface area contributed by atoms with Gasteiger partial charge in [-0.15, -0.1) is 0 Å². The minimum Gasteiger partial charge on any atom is -0.384 e. The van der Waals surface area contributed by atoms with Crippen LogP contribution in [0.4, 0.5) is 0 Å². The van der Waals surface area contributed by atoms with Gasteiger partial charge in [0.1, 0.15) is 6.10 Å². The van der Waals surface area contributed by atoms with Crippen molar-refractivity contribution in [1.82, 2.24) is 0 Å². The van der Waals surface area contributed by atoms with Gasteiger partial charge in [0.15, 0.2) is 5.78 Å². The molecule has 0 aromatic rings. The first-order valence-electron chi connectivity index (χ1n) is 8.55. The van der Waals surface area contributed by atoms with Crippen LogP contribution in [0.2, 0.25) is 0 Å². The first-order valence-corrected chi connectivity index (χ1v) is 8.55. The molecule has 0 aromatic heterocycles. The zero-order valence-corrected chi connectivity index (χ0v) is 13.1. The molecule has 0 aromatic carbocycles. The summed E-state index contributed by atoms with van der Waals surface area (Å²) < 4.78 is 0. The molecule has 0 spiro atoms. The highest BCUT2D eigenvalue weighted by Gasteiger charge is 2.57. The van der Waals surface area contributed by atoms with Crippen molar-refractivity contribution in [3.8, 4) is 0 Å². The number of ketones is 1. The van der Waals surface area contributed by atoms with E-state index in [1.807, 2.05) is 0 Å². The zero-order chi connectivity index (χ0) is 14.8. The van der Waals surface area contributed by atoms with Gasteiger partial charge in [-0.05, 0) is 60.3 Å². The maximum Gasteiger partial charge on any atom is 0.184 e. The molecule has 4 rings (SSSR count). The molecule has 0 heterocycles. The number of rotatable bonds is 0. The topological polar surface area (TPSA) is 37.3 Å². The van der Waals surface area contributed by atoms with Gasteiger partial charge in [-0.25, -0.2) is 0 Å². The molecule has 0 saturated heterocycles. The molecule has 0 bridgehead atoms. The summed E-state index contributed by atoms with van der Waals surface area (Å²) in [6.07, 6.45) is 14.1. The summed E-state index contributed by atoms with van der Waals surface area (Å²) >= 11 is 0. The Morgan fingerprint density at radius 1 is 1.14 bits per heavy atom. The van der Waals surface area contributed by atoms with Crippen LogP contribution in [0.1, 0.15) is 46.0 Å². The van der Waals surface area contributed by atoms with E-state index in [4.69, 9.17) is 0 Å². The van der Waals surface area contributed by atoms with E-state index >= 15 is 0 Å². The number of aliphatic hydroxyl groups excluding tert-OH is 1. The first kappa shape index (κ1) is 13.8. The lowest BCUT2D eigenvalue weighted by molar-refractivity contribution is -0.130. The molecule has 2 heteroatoms. The summed E-state index contributed by atoms with van der Waals surface area (Å²) in [5.74, 6) is 1.87. The van der Waals surface area contributed by atoms with Gasteiger partial charge in [-0.1, -0.05) is 38.5 Å². The van der Waals surface area contributed by atoms with Gasteiger partial charge in [0.05, 0.1) is 0 Å². The molecule has 1 N–H and O–H groups in total. The largest absolute Gasteiger partial charge is 0.384 e. The predicted octanol–water partition coefficient (Wildman–Crippen LogP) is 3.51. The van der Waals surface area contributed by atoms with Crippen LogP contribution < -0.4 is 0 Å². The summed E-state index contributed by atoms with van der Waals surface area (Å²) in [5, 5.41) is 10.3. The van der Waals surface area contributed by atoms with Crippen LogP contribution in [0.15, 0.2) is 24.3 Å². The second-order valence-electron chi connectivity index (χ2n) is 8.33. The minimum atomic E-state index is -0.839. The van der Waals surface area contributed by atoms with Crippen molar-refractivity contribution in [3.05, 3.63) is 24.3 Å². The van der Waals surface area contributed by atoms with Gasteiger partial charge in [0.2, 0.25) is 0 Å². The molecule has 2 unspecified atom stereocenters. The molecule has 2 fully saturated rings. The van der Waals surface area contributed by atoms with Crippen LogP contribution in [-0.2, 0) is 4.79 Å². The Labute approximate surface area is 127 Å². The van der Waals surface area contributed by atoms with Gasteiger partial charge in [0, 0.05) is 5.92 Å². The van der Waals surface area contributed by atoms with E-state index in [0.29, 0.717) is 17.3 Å².